The Hall–Kier alpha value is -2.71. The van der Waals surface area contributed by atoms with Crippen LogP contribution in [0.3, 0.4) is 0 Å². The first kappa shape index (κ1) is 22.0. The van der Waals surface area contributed by atoms with Crippen molar-refractivity contribution in [3.8, 4) is 0 Å². The summed E-state index contributed by atoms with van der Waals surface area (Å²) in [6.07, 6.45) is 4.00. The van der Waals surface area contributed by atoms with Crippen LogP contribution in [0.25, 0.3) is 0 Å². The number of amides is 2. The lowest BCUT2D eigenvalue weighted by molar-refractivity contribution is -0.116. The Morgan fingerprint density at radius 3 is 2.13 bits per heavy atom. The third-order valence-electron chi connectivity index (χ3n) is 5.01. The Morgan fingerprint density at radius 2 is 1.50 bits per heavy atom. The highest BCUT2D eigenvalue weighted by molar-refractivity contribution is 7.89. The molecule has 0 aliphatic carbocycles. The topological polar surface area (TPSA) is 95.6 Å². The lowest BCUT2D eigenvalue weighted by Crippen LogP contribution is -2.31. The van der Waals surface area contributed by atoms with Crippen LogP contribution in [0, 0.1) is 0 Å². The van der Waals surface area contributed by atoms with E-state index < -0.39 is 10.0 Å². The molecule has 1 aliphatic heterocycles. The molecular weight excluding hydrogens is 402 g/mol. The van der Waals surface area contributed by atoms with E-state index in [9.17, 15) is 18.0 Å². The molecule has 0 unspecified atom stereocenters. The van der Waals surface area contributed by atoms with Gasteiger partial charge in [-0.15, -0.1) is 0 Å². The van der Waals surface area contributed by atoms with Gasteiger partial charge in [0.05, 0.1) is 4.90 Å². The van der Waals surface area contributed by atoms with Gasteiger partial charge in [0.25, 0.3) is 5.91 Å². The average Bonchev–Trinajstić information content (AvgIpc) is 3.05. The predicted molar refractivity (Wildman–Crippen MR) is 116 cm³/mol. The van der Waals surface area contributed by atoms with Gasteiger partial charge in [0.15, 0.2) is 0 Å². The number of sulfonamides is 1. The molecule has 2 amide bonds. The Kier molecular flexibility index (Phi) is 7.59. The molecule has 0 spiro atoms. The number of nitrogens with zero attached hydrogens (tertiary/aromatic N) is 1. The normalized spacial score (nSPS) is 15.2. The Balaban J connectivity index is 1.50. The number of nitrogens with one attached hydrogen (secondary N) is 2. The van der Waals surface area contributed by atoms with Crippen molar-refractivity contribution < 1.29 is 18.0 Å². The van der Waals surface area contributed by atoms with Crippen molar-refractivity contribution in [2.75, 3.05) is 25.0 Å². The number of carbonyl (C=O) groups excluding carboxylic acids is 2. The van der Waals surface area contributed by atoms with Gasteiger partial charge in [-0.25, -0.2) is 8.42 Å². The molecule has 0 atom stereocenters. The van der Waals surface area contributed by atoms with Gasteiger partial charge in [-0.1, -0.05) is 31.0 Å². The summed E-state index contributed by atoms with van der Waals surface area (Å²) < 4.78 is 27.1. The quantitative estimate of drug-likeness (QED) is 0.707. The third kappa shape index (κ3) is 5.90. The van der Waals surface area contributed by atoms with Gasteiger partial charge in [-0.05, 0) is 49.2 Å². The monoisotopic (exact) mass is 429 g/mol. The highest BCUT2D eigenvalue weighted by Crippen LogP contribution is 2.21. The molecule has 0 radical (unpaired) electrons. The van der Waals surface area contributed by atoms with Crippen LogP contribution in [-0.4, -0.2) is 44.2 Å². The number of benzene rings is 2. The van der Waals surface area contributed by atoms with Crippen LogP contribution in [0.5, 0.6) is 0 Å². The minimum absolute atomic E-state index is 0.117. The van der Waals surface area contributed by atoms with Crippen molar-refractivity contribution in [1.29, 1.82) is 0 Å². The molecule has 8 heteroatoms. The Labute approximate surface area is 177 Å². The summed E-state index contributed by atoms with van der Waals surface area (Å²) in [5, 5.41) is 5.43. The highest BCUT2D eigenvalue weighted by atomic mass is 32.2. The summed E-state index contributed by atoms with van der Waals surface area (Å²) in [5.74, 6) is -0.488. The maximum atomic E-state index is 12.8. The van der Waals surface area contributed by atoms with E-state index in [4.69, 9.17) is 0 Å². The molecule has 2 aromatic rings. The first-order valence-electron chi connectivity index (χ1n) is 10.2. The lowest BCUT2D eigenvalue weighted by atomic mass is 10.2. The number of rotatable bonds is 7. The molecule has 30 heavy (non-hydrogen) atoms. The maximum absolute atomic E-state index is 12.8. The largest absolute Gasteiger partial charge is 0.352 e. The fourth-order valence-electron chi connectivity index (χ4n) is 3.35. The smallest absolute Gasteiger partial charge is 0.251 e. The summed E-state index contributed by atoms with van der Waals surface area (Å²) in [6.45, 7) is 1.31. The number of carbonyl (C=O) groups is 2. The van der Waals surface area contributed by atoms with Crippen LogP contribution >= 0.6 is 0 Å². The summed E-state index contributed by atoms with van der Waals surface area (Å²) in [7, 11) is -3.51. The van der Waals surface area contributed by atoms with Gasteiger partial charge in [0.2, 0.25) is 15.9 Å². The van der Waals surface area contributed by atoms with Crippen molar-refractivity contribution in [2.45, 2.75) is 37.0 Å². The Morgan fingerprint density at radius 1 is 0.867 bits per heavy atom. The van der Waals surface area contributed by atoms with Crippen LogP contribution in [0.4, 0.5) is 5.69 Å². The van der Waals surface area contributed by atoms with Crippen LogP contribution < -0.4 is 10.6 Å². The summed E-state index contributed by atoms with van der Waals surface area (Å²) in [6, 6.07) is 15.0. The predicted octanol–water partition coefficient (Wildman–Crippen LogP) is 3.01. The van der Waals surface area contributed by atoms with Crippen LogP contribution in [0.15, 0.2) is 59.5 Å². The molecule has 0 bridgehead atoms. The average molecular weight is 430 g/mol. The zero-order valence-electron chi connectivity index (χ0n) is 16.8. The molecular formula is C22H27N3O4S. The SMILES string of the molecule is O=C(CCNC(=O)c1ccccc1)Nc1ccc(S(=O)(=O)N2CCCCCC2)cc1. The molecule has 0 saturated carbocycles. The molecule has 1 aliphatic rings. The van der Waals surface area contributed by atoms with Crippen molar-refractivity contribution in [3.63, 3.8) is 0 Å². The van der Waals surface area contributed by atoms with E-state index in [1.54, 1.807) is 40.7 Å². The van der Waals surface area contributed by atoms with Crippen molar-refractivity contribution in [1.82, 2.24) is 9.62 Å². The molecule has 0 aromatic heterocycles. The van der Waals surface area contributed by atoms with Gasteiger partial charge in [-0.2, -0.15) is 4.31 Å². The third-order valence-corrected chi connectivity index (χ3v) is 6.93. The highest BCUT2D eigenvalue weighted by Gasteiger charge is 2.24. The van der Waals surface area contributed by atoms with Crippen LogP contribution in [0.2, 0.25) is 0 Å². The summed E-state index contributed by atoms with van der Waals surface area (Å²) in [5.41, 5.74) is 1.06. The molecule has 160 valence electrons. The van der Waals surface area contributed by atoms with Crippen molar-refractivity contribution in [2.24, 2.45) is 0 Å². The number of hydrogen-bond donors (Lipinski definition) is 2. The summed E-state index contributed by atoms with van der Waals surface area (Å²) >= 11 is 0. The second-order valence-corrected chi connectivity index (χ2v) is 9.20. The second-order valence-electron chi connectivity index (χ2n) is 7.26. The van der Waals surface area contributed by atoms with Crippen LogP contribution in [-0.2, 0) is 14.8 Å². The first-order chi connectivity index (χ1) is 14.5. The van der Waals surface area contributed by atoms with E-state index in [1.165, 1.54) is 12.1 Å². The van der Waals surface area contributed by atoms with Gasteiger partial charge in [0.1, 0.15) is 0 Å². The molecule has 2 aromatic carbocycles. The van der Waals surface area contributed by atoms with E-state index in [2.05, 4.69) is 10.6 Å². The van der Waals surface area contributed by atoms with Crippen molar-refractivity contribution >= 4 is 27.5 Å². The molecule has 2 N–H and O–H groups in total. The summed E-state index contributed by atoms with van der Waals surface area (Å²) in [4.78, 5) is 24.3. The zero-order valence-corrected chi connectivity index (χ0v) is 17.7. The number of anilines is 1. The van der Waals surface area contributed by atoms with E-state index in [-0.39, 0.29) is 29.7 Å². The van der Waals surface area contributed by atoms with Crippen molar-refractivity contribution in [3.05, 3.63) is 60.2 Å². The van der Waals surface area contributed by atoms with Gasteiger partial charge in [-0.3, -0.25) is 9.59 Å². The minimum atomic E-state index is -3.51. The van der Waals surface area contributed by atoms with E-state index >= 15 is 0 Å². The fraction of sp³-hybridized carbons (Fsp3) is 0.364. The Bertz CT molecular complexity index is 952. The van der Waals surface area contributed by atoms with E-state index in [1.807, 2.05) is 6.07 Å². The zero-order chi connectivity index (χ0) is 21.4. The molecule has 1 fully saturated rings. The number of hydrogen-bond acceptors (Lipinski definition) is 4. The second kappa shape index (κ2) is 10.4. The fourth-order valence-corrected chi connectivity index (χ4v) is 4.86. The van der Waals surface area contributed by atoms with Gasteiger partial charge in [0, 0.05) is 37.3 Å². The molecule has 1 heterocycles. The molecule has 3 rings (SSSR count). The minimum Gasteiger partial charge on any atom is -0.352 e. The van der Waals surface area contributed by atoms with E-state index in [0.717, 1.165) is 25.7 Å². The standard InChI is InChI=1S/C22H27N3O4S/c26-21(14-15-23-22(27)18-8-4-3-5-9-18)24-19-10-12-20(13-11-19)30(28,29)25-16-6-1-2-7-17-25/h3-5,8-13H,1-2,6-7,14-17H2,(H,23,27)(H,24,26). The molecule has 1 saturated heterocycles. The van der Waals surface area contributed by atoms with Gasteiger partial charge < -0.3 is 10.6 Å². The van der Waals surface area contributed by atoms with Crippen LogP contribution in [0.1, 0.15) is 42.5 Å². The van der Waals surface area contributed by atoms with Gasteiger partial charge >= 0.3 is 0 Å². The molecule has 7 nitrogen and oxygen atoms in total. The van der Waals surface area contributed by atoms with E-state index in [0.29, 0.717) is 24.3 Å². The lowest BCUT2D eigenvalue weighted by Gasteiger charge is -2.20. The first-order valence-corrected chi connectivity index (χ1v) is 11.6. The maximum Gasteiger partial charge on any atom is 0.251 e.